The van der Waals surface area contributed by atoms with E-state index in [1.54, 1.807) is 6.20 Å². The number of nitrogens with zero attached hydrogens (tertiary/aromatic N) is 3. The van der Waals surface area contributed by atoms with E-state index in [0.29, 0.717) is 32.5 Å². The molecule has 0 radical (unpaired) electrons. The Morgan fingerprint density at radius 2 is 1.67 bits per heavy atom. The lowest BCUT2D eigenvalue weighted by molar-refractivity contribution is -0.144. The third-order valence-corrected chi connectivity index (χ3v) is 5.43. The quantitative estimate of drug-likeness (QED) is 0.822. The van der Waals surface area contributed by atoms with Gasteiger partial charge in [0, 0.05) is 38.9 Å². The van der Waals surface area contributed by atoms with Crippen molar-refractivity contribution in [2.24, 2.45) is 5.41 Å². The first-order chi connectivity index (χ1) is 13.2. The Morgan fingerprint density at radius 3 is 2.30 bits per heavy atom. The lowest BCUT2D eigenvalue weighted by atomic mass is 10.0. The van der Waals surface area contributed by atoms with Gasteiger partial charge in [-0.15, -0.1) is 0 Å². The number of rotatable bonds is 5. The molecular formula is C21H24N4O2. The number of carbonyl (C=O) groups is 2. The number of amides is 2. The van der Waals surface area contributed by atoms with Gasteiger partial charge in [-0.1, -0.05) is 36.4 Å². The second-order valence-corrected chi connectivity index (χ2v) is 7.22. The third kappa shape index (κ3) is 3.65. The van der Waals surface area contributed by atoms with Crippen LogP contribution < -0.4 is 10.2 Å². The predicted molar refractivity (Wildman–Crippen MR) is 103 cm³/mol. The van der Waals surface area contributed by atoms with E-state index in [1.165, 1.54) is 0 Å². The van der Waals surface area contributed by atoms with Gasteiger partial charge < -0.3 is 15.1 Å². The molecule has 1 aliphatic carbocycles. The van der Waals surface area contributed by atoms with Crippen molar-refractivity contribution in [3.05, 3.63) is 60.3 Å². The maximum absolute atomic E-state index is 13.0. The average molecular weight is 364 g/mol. The van der Waals surface area contributed by atoms with E-state index in [0.717, 1.165) is 24.5 Å². The molecule has 6 heteroatoms. The molecule has 0 atom stereocenters. The third-order valence-electron chi connectivity index (χ3n) is 5.43. The summed E-state index contributed by atoms with van der Waals surface area (Å²) in [6.45, 7) is 3.20. The average Bonchev–Trinajstić information content (AvgIpc) is 3.55. The molecule has 27 heavy (non-hydrogen) atoms. The Balaban J connectivity index is 1.33. The van der Waals surface area contributed by atoms with Gasteiger partial charge in [-0.3, -0.25) is 9.59 Å². The highest BCUT2D eigenvalue weighted by Crippen LogP contribution is 2.47. The largest absolute Gasteiger partial charge is 0.353 e. The number of anilines is 1. The minimum atomic E-state index is -0.845. The minimum absolute atomic E-state index is 0.0197. The summed E-state index contributed by atoms with van der Waals surface area (Å²) in [5.74, 6) is 0.781. The maximum atomic E-state index is 13.0. The highest BCUT2D eigenvalue weighted by atomic mass is 16.2. The van der Waals surface area contributed by atoms with Gasteiger partial charge in [0.05, 0.1) is 0 Å². The fourth-order valence-electron chi connectivity index (χ4n) is 3.59. The van der Waals surface area contributed by atoms with Crippen LogP contribution in [0, 0.1) is 5.41 Å². The van der Waals surface area contributed by atoms with Gasteiger partial charge >= 0.3 is 0 Å². The molecule has 2 aliphatic rings. The van der Waals surface area contributed by atoms with E-state index in [9.17, 15) is 9.59 Å². The smallest absolute Gasteiger partial charge is 0.238 e. The highest BCUT2D eigenvalue weighted by molar-refractivity contribution is 6.07. The van der Waals surface area contributed by atoms with Gasteiger partial charge in [-0.2, -0.15) is 0 Å². The Hall–Kier alpha value is -2.89. The normalized spacial score (nSPS) is 18.1. The van der Waals surface area contributed by atoms with Crippen LogP contribution in [-0.2, 0) is 16.1 Å². The van der Waals surface area contributed by atoms with Gasteiger partial charge in [-0.05, 0) is 30.5 Å². The van der Waals surface area contributed by atoms with Crippen LogP contribution in [0.2, 0.25) is 0 Å². The molecule has 0 bridgehead atoms. The zero-order valence-electron chi connectivity index (χ0n) is 15.3. The summed E-state index contributed by atoms with van der Waals surface area (Å²) in [4.78, 5) is 34.1. The van der Waals surface area contributed by atoms with Crippen molar-refractivity contribution in [3.8, 4) is 0 Å². The molecule has 2 amide bonds. The molecule has 1 saturated heterocycles. The van der Waals surface area contributed by atoms with Crippen molar-refractivity contribution in [1.82, 2.24) is 15.2 Å². The molecule has 2 heterocycles. The van der Waals surface area contributed by atoms with Crippen molar-refractivity contribution in [3.63, 3.8) is 0 Å². The molecule has 6 nitrogen and oxygen atoms in total. The molecule has 4 rings (SSSR count). The summed E-state index contributed by atoms with van der Waals surface area (Å²) in [5.41, 5.74) is 0.195. The monoisotopic (exact) mass is 364 g/mol. The van der Waals surface area contributed by atoms with Gasteiger partial charge in [0.15, 0.2) is 0 Å². The second kappa shape index (κ2) is 7.39. The summed E-state index contributed by atoms with van der Waals surface area (Å²) in [7, 11) is 0. The molecule has 2 aromatic rings. The van der Waals surface area contributed by atoms with Gasteiger partial charge in [0.1, 0.15) is 11.2 Å². The zero-order chi connectivity index (χ0) is 18.7. The van der Waals surface area contributed by atoms with Gasteiger partial charge in [-0.25, -0.2) is 4.98 Å². The first-order valence-electron chi connectivity index (χ1n) is 9.47. The fourth-order valence-corrected chi connectivity index (χ4v) is 3.59. The standard InChI is InChI=1S/C21H24N4O2/c26-19(23-16-17-6-2-1-3-7-17)21(9-10-21)20(27)25-14-12-24(13-15-25)18-8-4-5-11-22-18/h1-8,11H,9-10,12-16H2,(H,23,26). The molecule has 1 aromatic heterocycles. The van der Waals surface area contributed by atoms with E-state index in [2.05, 4.69) is 15.2 Å². The van der Waals surface area contributed by atoms with E-state index < -0.39 is 5.41 Å². The van der Waals surface area contributed by atoms with Crippen LogP contribution in [-0.4, -0.2) is 47.9 Å². The summed E-state index contributed by atoms with van der Waals surface area (Å²) in [6.07, 6.45) is 3.07. The summed E-state index contributed by atoms with van der Waals surface area (Å²) in [6, 6.07) is 15.6. The molecule has 2 fully saturated rings. The molecule has 1 saturated carbocycles. The maximum Gasteiger partial charge on any atom is 0.238 e. The number of carbonyl (C=O) groups excluding carboxylic acids is 2. The number of hydrogen-bond acceptors (Lipinski definition) is 4. The van der Waals surface area contributed by atoms with Crippen molar-refractivity contribution >= 4 is 17.6 Å². The van der Waals surface area contributed by atoms with E-state index in [4.69, 9.17) is 0 Å². The molecule has 1 aromatic carbocycles. The lowest BCUT2D eigenvalue weighted by Gasteiger charge is -2.36. The minimum Gasteiger partial charge on any atom is -0.353 e. The van der Waals surface area contributed by atoms with Crippen LogP contribution in [0.15, 0.2) is 54.7 Å². The van der Waals surface area contributed by atoms with E-state index >= 15 is 0 Å². The molecule has 1 N–H and O–H groups in total. The number of nitrogens with one attached hydrogen (secondary N) is 1. The molecule has 140 valence electrons. The first-order valence-corrected chi connectivity index (χ1v) is 9.47. The number of piperazine rings is 1. The van der Waals surface area contributed by atoms with Gasteiger partial charge in [0.2, 0.25) is 11.8 Å². The molecule has 0 spiro atoms. The molecular weight excluding hydrogens is 340 g/mol. The summed E-state index contributed by atoms with van der Waals surface area (Å²) in [5, 5.41) is 2.95. The number of hydrogen-bond donors (Lipinski definition) is 1. The van der Waals surface area contributed by atoms with E-state index in [-0.39, 0.29) is 11.8 Å². The van der Waals surface area contributed by atoms with Crippen LogP contribution >= 0.6 is 0 Å². The Bertz CT molecular complexity index is 797. The molecule has 1 aliphatic heterocycles. The Morgan fingerprint density at radius 1 is 0.963 bits per heavy atom. The topological polar surface area (TPSA) is 65.5 Å². The number of pyridine rings is 1. The van der Waals surface area contributed by atoms with Crippen LogP contribution in [0.4, 0.5) is 5.82 Å². The Kier molecular flexibility index (Phi) is 4.79. The highest BCUT2D eigenvalue weighted by Gasteiger charge is 2.58. The van der Waals surface area contributed by atoms with Crippen molar-refractivity contribution in [1.29, 1.82) is 0 Å². The SMILES string of the molecule is O=C(NCc1ccccc1)C1(C(=O)N2CCN(c3ccccn3)CC2)CC1. The van der Waals surface area contributed by atoms with Crippen LogP contribution in [0.25, 0.3) is 0 Å². The van der Waals surface area contributed by atoms with Crippen molar-refractivity contribution < 1.29 is 9.59 Å². The summed E-state index contributed by atoms with van der Waals surface area (Å²) < 4.78 is 0. The second-order valence-electron chi connectivity index (χ2n) is 7.22. The Labute approximate surface area is 159 Å². The first kappa shape index (κ1) is 17.5. The van der Waals surface area contributed by atoms with E-state index in [1.807, 2.05) is 53.4 Å². The van der Waals surface area contributed by atoms with Gasteiger partial charge in [0.25, 0.3) is 0 Å². The van der Waals surface area contributed by atoms with Crippen LogP contribution in [0.1, 0.15) is 18.4 Å². The van der Waals surface area contributed by atoms with Crippen LogP contribution in [0.5, 0.6) is 0 Å². The predicted octanol–water partition coefficient (Wildman–Crippen LogP) is 1.83. The molecule has 0 unspecified atom stereocenters. The lowest BCUT2D eigenvalue weighted by Crippen LogP contribution is -2.53. The van der Waals surface area contributed by atoms with Crippen molar-refractivity contribution in [2.45, 2.75) is 19.4 Å². The van der Waals surface area contributed by atoms with Crippen molar-refractivity contribution in [2.75, 3.05) is 31.1 Å². The number of aromatic nitrogens is 1. The fraction of sp³-hybridized carbons (Fsp3) is 0.381. The summed E-state index contributed by atoms with van der Waals surface area (Å²) >= 11 is 0. The number of benzene rings is 1. The zero-order valence-corrected chi connectivity index (χ0v) is 15.3. The van der Waals surface area contributed by atoms with Crippen LogP contribution in [0.3, 0.4) is 0 Å².